The van der Waals surface area contributed by atoms with Crippen molar-refractivity contribution in [1.29, 1.82) is 0 Å². The second-order valence-electron chi connectivity index (χ2n) is 2.27. The van der Waals surface area contributed by atoms with Crippen molar-refractivity contribution in [2.75, 3.05) is 6.54 Å². The number of benzene rings is 1. The van der Waals surface area contributed by atoms with Crippen LogP contribution in [0.25, 0.3) is 0 Å². The summed E-state index contributed by atoms with van der Waals surface area (Å²) in [6, 6.07) is 7.36. The number of nitro groups is 1. The number of hydrogen-bond donors (Lipinski definition) is 0. The van der Waals surface area contributed by atoms with Crippen LogP contribution in [0.4, 0.5) is 0 Å². The first kappa shape index (κ1) is 9.19. The maximum atomic E-state index is 10.0. The molecule has 0 saturated carbocycles. The highest BCUT2D eigenvalue weighted by Gasteiger charge is 1.99. The van der Waals surface area contributed by atoms with Crippen molar-refractivity contribution in [3.8, 4) is 0 Å². The molecule has 0 atom stereocenters. The monoisotopic (exact) mass is 228 g/mol. The quantitative estimate of drug-likeness (QED) is 0.589. The van der Waals surface area contributed by atoms with Gasteiger partial charge in [-0.2, -0.15) is 0 Å². The van der Waals surface area contributed by atoms with Gasteiger partial charge >= 0.3 is 0 Å². The van der Waals surface area contributed by atoms with Crippen LogP contribution < -0.4 is 0 Å². The Balaban J connectivity index is 2.53. The van der Waals surface area contributed by atoms with Gasteiger partial charge in [-0.25, -0.2) is 0 Å². The minimum atomic E-state index is -0.359. The summed E-state index contributed by atoms with van der Waals surface area (Å²) in [7, 11) is 0. The molecule has 63 valence electrons. The molecule has 0 aliphatic carbocycles. The second kappa shape index (κ2) is 4.21. The molecule has 0 aliphatic heterocycles. The van der Waals surface area contributed by atoms with Gasteiger partial charge in [0.25, 0.3) is 0 Å². The average Bonchev–Trinajstić information content (AvgIpc) is 2.03. The van der Waals surface area contributed by atoms with Crippen LogP contribution in [0.15, 0.2) is 28.7 Å². The Hall–Kier alpha value is -0.900. The smallest absolute Gasteiger partial charge is 0.211 e. The van der Waals surface area contributed by atoms with Crippen LogP contribution in [0.2, 0.25) is 0 Å². The summed E-state index contributed by atoms with van der Waals surface area (Å²) in [6.45, 7) is -0.123. The Morgan fingerprint density at radius 2 is 2.00 bits per heavy atom. The van der Waals surface area contributed by atoms with E-state index in [1.165, 1.54) is 0 Å². The van der Waals surface area contributed by atoms with Gasteiger partial charge in [0, 0.05) is 9.40 Å². The standard InChI is InChI=1S/C8H7BrNO2/c9-8-3-1-7(2-4-8)5-6-10(11)12/h1-5H,6H2. The third-order valence-electron chi connectivity index (χ3n) is 1.35. The third kappa shape index (κ3) is 3.00. The van der Waals surface area contributed by atoms with Crippen LogP contribution in [0.3, 0.4) is 0 Å². The van der Waals surface area contributed by atoms with E-state index in [1.807, 2.05) is 24.3 Å². The van der Waals surface area contributed by atoms with Crippen molar-refractivity contribution in [3.63, 3.8) is 0 Å². The molecule has 0 fully saturated rings. The van der Waals surface area contributed by atoms with Crippen molar-refractivity contribution >= 4 is 15.9 Å². The van der Waals surface area contributed by atoms with E-state index in [9.17, 15) is 10.1 Å². The van der Waals surface area contributed by atoms with E-state index in [0.717, 1.165) is 10.0 Å². The molecule has 0 unspecified atom stereocenters. The molecular formula is C8H7BrNO2. The largest absolute Gasteiger partial charge is 0.265 e. The maximum absolute atomic E-state index is 10.0. The van der Waals surface area contributed by atoms with Gasteiger partial charge in [-0.05, 0) is 17.7 Å². The van der Waals surface area contributed by atoms with Gasteiger partial charge in [-0.15, -0.1) is 0 Å². The molecule has 1 radical (unpaired) electrons. The SMILES string of the molecule is O=[N+]([O-])C[CH]c1ccc(Br)cc1. The molecule has 0 amide bonds. The van der Waals surface area contributed by atoms with Crippen LogP contribution in [-0.2, 0) is 0 Å². The molecule has 0 bridgehead atoms. The highest BCUT2D eigenvalue weighted by atomic mass is 79.9. The van der Waals surface area contributed by atoms with Crippen molar-refractivity contribution in [1.82, 2.24) is 0 Å². The van der Waals surface area contributed by atoms with Crippen LogP contribution in [0.1, 0.15) is 5.56 Å². The zero-order chi connectivity index (χ0) is 8.97. The van der Waals surface area contributed by atoms with Gasteiger partial charge in [0.15, 0.2) is 0 Å². The summed E-state index contributed by atoms with van der Waals surface area (Å²) in [6.07, 6.45) is 1.58. The van der Waals surface area contributed by atoms with Crippen LogP contribution >= 0.6 is 15.9 Å². The molecule has 0 saturated heterocycles. The van der Waals surface area contributed by atoms with Gasteiger partial charge in [-0.3, -0.25) is 10.1 Å². The minimum Gasteiger partial charge on any atom is -0.265 e. The summed E-state index contributed by atoms with van der Waals surface area (Å²) in [5.41, 5.74) is 0.870. The lowest BCUT2D eigenvalue weighted by Crippen LogP contribution is -2.01. The first-order valence-corrected chi connectivity index (χ1v) is 4.18. The molecule has 1 aromatic carbocycles. The lowest BCUT2D eigenvalue weighted by atomic mass is 10.2. The van der Waals surface area contributed by atoms with E-state index in [0.29, 0.717) is 0 Å². The van der Waals surface area contributed by atoms with E-state index in [1.54, 1.807) is 6.42 Å². The van der Waals surface area contributed by atoms with Crippen LogP contribution in [0.5, 0.6) is 0 Å². The Morgan fingerprint density at radius 3 is 2.50 bits per heavy atom. The highest BCUT2D eigenvalue weighted by molar-refractivity contribution is 9.10. The lowest BCUT2D eigenvalue weighted by molar-refractivity contribution is -0.471. The predicted molar refractivity (Wildman–Crippen MR) is 49.4 cm³/mol. The number of halogens is 1. The lowest BCUT2D eigenvalue weighted by Gasteiger charge is -1.95. The number of rotatable bonds is 3. The molecule has 1 aromatic rings. The van der Waals surface area contributed by atoms with E-state index >= 15 is 0 Å². The zero-order valence-corrected chi connectivity index (χ0v) is 7.82. The van der Waals surface area contributed by atoms with Gasteiger partial charge < -0.3 is 0 Å². The first-order chi connectivity index (χ1) is 5.68. The Morgan fingerprint density at radius 1 is 1.42 bits per heavy atom. The Labute approximate surface area is 78.7 Å². The average molecular weight is 229 g/mol. The molecule has 12 heavy (non-hydrogen) atoms. The zero-order valence-electron chi connectivity index (χ0n) is 6.24. The van der Waals surface area contributed by atoms with Crippen molar-refractivity contribution in [2.24, 2.45) is 0 Å². The fraction of sp³-hybridized carbons (Fsp3) is 0.125. The summed E-state index contributed by atoms with van der Waals surface area (Å²) in [4.78, 5) is 9.65. The summed E-state index contributed by atoms with van der Waals surface area (Å²) in [5.74, 6) is 0. The minimum absolute atomic E-state index is 0.123. The van der Waals surface area contributed by atoms with E-state index < -0.39 is 0 Å². The first-order valence-electron chi connectivity index (χ1n) is 3.39. The molecule has 3 nitrogen and oxygen atoms in total. The predicted octanol–water partition coefficient (Wildman–Crippen LogP) is 2.28. The van der Waals surface area contributed by atoms with E-state index in [2.05, 4.69) is 15.9 Å². The summed E-state index contributed by atoms with van der Waals surface area (Å²) >= 11 is 3.28. The molecular weight excluding hydrogens is 222 g/mol. The van der Waals surface area contributed by atoms with E-state index in [-0.39, 0.29) is 11.5 Å². The van der Waals surface area contributed by atoms with Crippen LogP contribution in [0, 0.1) is 16.5 Å². The van der Waals surface area contributed by atoms with E-state index in [4.69, 9.17) is 0 Å². The topological polar surface area (TPSA) is 43.1 Å². The fourth-order valence-electron chi connectivity index (χ4n) is 0.779. The molecule has 4 heteroatoms. The fourth-order valence-corrected chi connectivity index (χ4v) is 1.04. The molecule has 1 rings (SSSR count). The molecule has 0 aromatic heterocycles. The Kier molecular flexibility index (Phi) is 3.22. The van der Waals surface area contributed by atoms with Gasteiger partial charge in [-0.1, -0.05) is 28.1 Å². The van der Waals surface area contributed by atoms with Gasteiger partial charge in [0.05, 0.1) is 6.42 Å². The number of hydrogen-bond acceptors (Lipinski definition) is 2. The molecule has 0 spiro atoms. The van der Waals surface area contributed by atoms with Crippen molar-refractivity contribution < 1.29 is 4.92 Å². The molecule has 0 heterocycles. The highest BCUT2D eigenvalue weighted by Crippen LogP contribution is 2.11. The summed E-state index contributed by atoms with van der Waals surface area (Å²) < 4.78 is 0.973. The second-order valence-corrected chi connectivity index (χ2v) is 3.19. The molecule has 0 aliphatic rings. The van der Waals surface area contributed by atoms with Crippen molar-refractivity contribution in [2.45, 2.75) is 0 Å². The third-order valence-corrected chi connectivity index (χ3v) is 1.87. The molecule has 0 N–H and O–H groups in total. The van der Waals surface area contributed by atoms with Gasteiger partial charge in [0.2, 0.25) is 6.54 Å². The summed E-state index contributed by atoms with van der Waals surface area (Å²) in [5, 5.41) is 10.0. The number of nitrogens with zero attached hydrogens (tertiary/aromatic N) is 1. The van der Waals surface area contributed by atoms with Gasteiger partial charge in [0.1, 0.15) is 0 Å². The van der Waals surface area contributed by atoms with Crippen LogP contribution in [-0.4, -0.2) is 11.5 Å². The maximum Gasteiger partial charge on any atom is 0.211 e. The van der Waals surface area contributed by atoms with Crippen molar-refractivity contribution in [3.05, 3.63) is 50.8 Å². The Bertz CT molecular complexity index is 271. The normalized spacial score (nSPS) is 9.75.